The van der Waals surface area contributed by atoms with Gasteiger partial charge in [0.25, 0.3) is 0 Å². The van der Waals surface area contributed by atoms with Crippen molar-refractivity contribution in [2.75, 3.05) is 19.6 Å². The Bertz CT molecular complexity index is 129. The minimum absolute atomic E-state index is 0.308. The summed E-state index contributed by atoms with van der Waals surface area (Å²) in [6.07, 6.45) is 2.07. The van der Waals surface area contributed by atoms with E-state index >= 15 is 0 Å². The summed E-state index contributed by atoms with van der Waals surface area (Å²) in [5.74, 6) is 0.308. The van der Waals surface area contributed by atoms with Crippen molar-refractivity contribution in [2.45, 2.75) is 12.8 Å². The third-order valence-corrected chi connectivity index (χ3v) is 2.09. The molecule has 0 unspecified atom stereocenters. The summed E-state index contributed by atoms with van der Waals surface area (Å²) in [5, 5.41) is 8.57. The minimum atomic E-state index is 0.308. The lowest BCUT2D eigenvalue weighted by atomic mass is 9.99. The van der Waals surface area contributed by atoms with Crippen molar-refractivity contribution < 1.29 is 0 Å². The fourth-order valence-corrected chi connectivity index (χ4v) is 1.29. The van der Waals surface area contributed by atoms with E-state index in [1.807, 2.05) is 0 Å². The zero-order valence-corrected chi connectivity index (χ0v) is 6.21. The van der Waals surface area contributed by atoms with Gasteiger partial charge in [-0.05, 0) is 39.4 Å². The monoisotopic (exact) mass is 137 g/mol. The van der Waals surface area contributed by atoms with Crippen LogP contribution in [0.5, 0.6) is 0 Å². The molecule has 0 N–H and O–H groups in total. The summed E-state index contributed by atoms with van der Waals surface area (Å²) < 4.78 is 0. The van der Waals surface area contributed by atoms with Gasteiger partial charge in [0.15, 0.2) is 0 Å². The molecule has 55 valence electrons. The molecule has 0 aliphatic carbocycles. The van der Waals surface area contributed by atoms with Crippen LogP contribution < -0.4 is 0 Å². The smallest absolute Gasteiger partial charge is 0.0656 e. The van der Waals surface area contributed by atoms with Gasteiger partial charge in [0.05, 0.1) is 6.07 Å². The quantitative estimate of drug-likeness (QED) is 0.540. The molecule has 1 aliphatic heterocycles. The Labute approximate surface area is 62.4 Å². The molecule has 0 bridgehead atoms. The molecule has 2 nitrogen and oxygen atoms in total. The van der Waals surface area contributed by atoms with Gasteiger partial charge >= 0.3 is 0 Å². The van der Waals surface area contributed by atoms with E-state index in [2.05, 4.69) is 17.9 Å². The summed E-state index contributed by atoms with van der Waals surface area (Å²) in [6, 6.07) is 2.30. The maximum Gasteiger partial charge on any atom is 0.0656 e. The van der Waals surface area contributed by atoms with E-state index in [9.17, 15) is 0 Å². The SMILES string of the molecule is [CH2]CN1CCC(C#N)CC1. The maximum atomic E-state index is 8.57. The van der Waals surface area contributed by atoms with E-state index in [-0.39, 0.29) is 0 Å². The third-order valence-electron chi connectivity index (χ3n) is 2.09. The number of piperidine rings is 1. The highest BCUT2D eigenvalue weighted by molar-refractivity contribution is 4.87. The average Bonchev–Trinajstić information content (AvgIpc) is 2.05. The molecule has 0 spiro atoms. The molecule has 1 heterocycles. The number of hydrogen-bond acceptors (Lipinski definition) is 2. The molecule has 1 rings (SSSR count). The molecule has 0 saturated carbocycles. The normalized spacial score (nSPS) is 22.4. The molecule has 0 atom stereocenters. The van der Waals surface area contributed by atoms with Crippen LogP contribution in [0.1, 0.15) is 12.8 Å². The molecule has 0 aromatic heterocycles. The molecule has 1 aliphatic rings. The standard InChI is InChI=1S/C8H13N2/c1-2-10-5-3-8(7-9)4-6-10/h8H,1-6H2. The number of likely N-dealkylation sites (tertiary alicyclic amines) is 1. The summed E-state index contributed by atoms with van der Waals surface area (Å²) >= 11 is 0. The predicted molar refractivity (Wildman–Crippen MR) is 40.1 cm³/mol. The third kappa shape index (κ3) is 1.71. The molecule has 10 heavy (non-hydrogen) atoms. The number of hydrogen-bond donors (Lipinski definition) is 0. The van der Waals surface area contributed by atoms with Crippen LogP contribution in [-0.2, 0) is 0 Å². The minimum Gasteiger partial charge on any atom is -0.303 e. The topological polar surface area (TPSA) is 27.0 Å². The Hall–Kier alpha value is -0.550. The van der Waals surface area contributed by atoms with Gasteiger partial charge < -0.3 is 4.90 Å². The molecular weight excluding hydrogens is 124 g/mol. The van der Waals surface area contributed by atoms with E-state index in [1.165, 1.54) is 0 Å². The highest BCUT2D eigenvalue weighted by Crippen LogP contribution is 2.14. The Kier molecular flexibility index (Phi) is 2.70. The molecular formula is C8H13N2. The van der Waals surface area contributed by atoms with Gasteiger partial charge in [-0.2, -0.15) is 5.26 Å². The number of nitrogens with zero attached hydrogens (tertiary/aromatic N) is 2. The van der Waals surface area contributed by atoms with Crippen LogP contribution in [0.4, 0.5) is 0 Å². The first-order chi connectivity index (χ1) is 4.86. The first-order valence-corrected chi connectivity index (χ1v) is 3.78. The van der Waals surface area contributed by atoms with Crippen LogP contribution in [0.25, 0.3) is 0 Å². The van der Waals surface area contributed by atoms with E-state index in [4.69, 9.17) is 5.26 Å². The predicted octanol–water partition coefficient (Wildman–Crippen LogP) is 1.06. The molecule has 1 fully saturated rings. The molecule has 0 aromatic rings. The van der Waals surface area contributed by atoms with Gasteiger partial charge in [0.2, 0.25) is 0 Å². The highest BCUT2D eigenvalue weighted by atomic mass is 15.1. The van der Waals surface area contributed by atoms with Crippen molar-refractivity contribution in [1.29, 1.82) is 5.26 Å². The highest BCUT2D eigenvalue weighted by Gasteiger charge is 2.16. The van der Waals surface area contributed by atoms with Crippen LogP contribution in [-0.4, -0.2) is 24.5 Å². The van der Waals surface area contributed by atoms with Gasteiger partial charge in [0, 0.05) is 5.92 Å². The van der Waals surface area contributed by atoms with Crippen molar-refractivity contribution >= 4 is 0 Å². The lowest BCUT2D eigenvalue weighted by Crippen LogP contribution is -2.32. The van der Waals surface area contributed by atoms with Gasteiger partial charge in [-0.15, -0.1) is 0 Å². The van der Waals surface area contributed by atoms with Crippen molar-refractivity contribution in [3.8, 4) is 6.07 Å². The van der Waals surface area contributed by atoms with Crippen molar-refractivity contribution in [3.05, 3.63) is 6.92 Å². The van der Waals surface area contributed by atoms with Gasteiger partial charge in [-0.1, -0.05) is 0 Å². The van der Waals surface area contributed by atoms with E-state index in [0.717, 1.165) is 32.5 Å². The zero-order valence-electron chi connectivity index (χ0n) is 6.21. The van der Waals surface area contributed by atoms with Crippen molar-refractivity contribution in [1.82, 2.24) is 4.90 Å². The van der Waals surface area contributed by atoms with Crippen LogP contribution >= 0.6 is 0 Å². The molecule has 1 radical (unpaired) electrons. The average molecular weight is 137 g/mol. The fourth-order valence-electron chi connectivity index (χ4n) is 1.29. The van der Waals surface area contributed by atoms with E-state index in [1.54, 1.807) is 0 Å². The van der Waals surface area contributed by atoms with Gasteiger partial charge in [-0.3, -0.25) is 0 Å². The zero-order chi connectivity index (χ0) is 7.40. The fraction of sp³-hybridized carbons (Fsp3) is 0.750. The second kappa shape index (κ2) is 3.58. The van der Waals surface area contributed by atoms with E-state index in [0.29, 0.717) is 5.92 Å². The Balaban J connectivity index is 2.25. The van der Waals surface area contributed by atoms with Crippen molar-refractivity contribution in [2.24, 2.45) is 5.92 Å². The summed E-state index contributed by atoms with van der Waals surface area (Å²) in [4.78, 5) is 2.29. The maximum absolute atomic E-state index is 8.57. The van der Waals surface area contributed by atoms with Gasteiger partial charge in [0.1, 0.15) is 0 Å². The second-order valence-corrected chi connectivity index (χ2v) is 2.75. The molecule has 0 amide bonds. The van der Waals surface area contributed by atoms with Crippen molar-refractivity contribution in [3.63, 3.8) is 0 Å². The summed E-state index contributed by atoms with van der Waals surface area (Å²) in [6.45, 7) is 6.80. The van der Waals surface area contributed by atoms with Gasteiger partial charge in [-0.25, -0.2) is 0 Å². The summed E-state index contributed by atoms with van der Waals surface area (Å²) in [5.41, 5.74) is 0. The molecule has 2 heteroatoms. The Morgan fingerprint density at radius 1 is 1.50 bits per heavy atom. The van der Waals surface area contributed by atoms with Crippen LogP contribution in [0.15, 0.2) is 0 Å². The largest absolute Gasteiger partial charge is 0.303 e. The summed E-state index contributed by atoms with van der Waals surface area (Å²) in [7, 11) is 0. The van der Waals surface area contributed by atoms with E-state index < -0.39 is 0 Å². The first kappa shape index (κ1) is 7.56. The molecule has 1 saturated heterocycles. The van der Waals surface area contributed by atoms with Crippen LogP contribution in [0.2, 0.25) is 0 Å². The van der Waals surface area contributed by atoms with Crippen LogP contribution in [0, 0.1) is 24.2 Å². The number of rotatable bonds is 1. The first-order valence-electron chi connectivity index (χ1n) is 3.78. The Morgan fingerprint density at radius 3 is 2.50 bits per heavy atom. The lowest BCUT2D eigenvalue weighted by molar-refractivity contribution is 0.224. The Morgan fingerprint density at radius 2 is 2.10 bits per heavy atom. The van der Waals surface area contributed by atoms with Crippen LogP contribution in [0.3, 0.4) is 0 Å². The second-order valence-electron chi connectivity index (χ2n) is 2.75. The molecule has 0 aromatic carbocycles. The number of nitriles is 1. The lowest BCUT2D eigenvalue weighted by Gasteiger charge is -2.27.